The molecule has 1 amide bonds. The van der Waals surface area contributed by atoms with Crippen LogP contribution in [0.5, 0.6) is 0 Å². The number of non-ortho nitro benzene ring substituents is 1. The molecule has 13 heteroatoms. The molecule has 1 heterocycles. The second-order valence-electron chi connectivity index (χ2n) is 7.35. The standard InChI is InChI=1S/C19H22N4O7S2/c1-31(27,28)22-11-9-15(10-12-22)20-19(24)14-5-7-16(8-6-14)21-32(29,30)18-4-2-3-17(13-18)23(25)26/h2-8,13,15,21H,9-12H2,1H3,(H,20,24). The first-order valence-corrected chi connectivity index (χ1v) is 12.9. The van der Waals surface area contributed by atoms with Crippen molar-refractivity contribution in [3.05, 3.63) is 64.2 Å². The Morgan fingerprint density at radius 3 is 2.25 bits per heavy atom. The third-order valence-corrected chi connectivity index (χ3v) is 7.68. The average Bonchev–Trinajstić information content (AvgIpc) is 2.74. The number of piperidine rings is 1. The molecule has 2 aromatic carbocycles. The van der Waals surface area contributed by atoms with E-state index >= 15 is 0 Å². The van der Waals surface area contributed by atoms with Crippen molar-refractivity contribution in [1.82, 2.24) is 9.62 Å². The monoisotopic (exact) mass is 482 g/mol. The van der Waals surface area contributed by atoms with E-state index in [9.17, 15) is 31.7 Å². The zero-order valence-electron chi connectivity index (χ0n) is 17.1. The predicted octanol–water partition coefficient (Wildman–Crippen LogP) is 1.55. The molecular weight excluding hydrogens is 460 g/mol. The van der Waals surface area contributed by atoms with Gasteiger partial charge in [0, 0.05) is 42.5 Å². The Bertz CT molecular complexity index is 1220. The molecule has 1 saturated heterocycles. The topological polar surface area (TPSA) is 156 Å². The van der Waals surface area contributed by atoms with Gasteiger partial charge in [0.05, 0.1) is 16.1 Å². The molecule has 0 spiro atoms. The quantitative estimate of drug-likeness (QED) is 0.448. The summed E-state index contributed by atoms with van der Waals surface area (Å²) in [5.41, 5.74) is 0.158. The number of amides is 1. The van der Waals surface area contributed by atoms with Gasteiger partial charge in [-0.15, -0.1) is 0 Å². The molecule has 1 fully saturated rings. The number of sulfonamides is 2. The fourth-order valence-corrected chi connectivity index (χ4v) is 5.24. The molecule has 172 valence electrons. The minimum absolute atomic E-state index is 0.160. The molecule has 0 atom stereocenters. The number of nitrogens with zero attached hydrogens (tertiary/aromatic N) is 2. The maximum absolute atomic E-state index is 12.5. The number of hydrogen-bond acceptors (Lipinski definition) is 7. The highest BCUT2D eigenvalue weighted by Crippen LogP contribution is 2.21. The summed E-state index contributed by atoms with van der Waals surface area (Å²) in [5, 5.41) is 13.7. The third-order valence-electron chi connectivity index (χ3n) is 5.00. The lowest BCUT2D eigenvalue weighted by atomic mass is 10.1. The number of rotatable bonds is 7. The summed E-state index contributed by atoms with van der Waals surface area (Å²) in [7, 11) is -7.30. The molecule has 1 aliphatic rings. The first-order chi connectivity index (χ1) is 15.0. The Balaban J connectivity index is 1.62. The summed E-state index contributed by atoms with van der Waals surface area (Å²) in [6.07, 6.45) is 2.15. The van der Waals surface area contributed by atoms with Gasteiger partial charge in [-0.1, -0.05) is 6.07 Å². The van der Waals surface area contributed by atoms with Crippen molar-refractivity contribution in [1.29, 1.82) is 0 Å². The Hall–Kier alpha value is -3.03. The number of nitro groups is 1. The second kappa shape index (κ2) is 9.22. The summed E-state index contributed by atoms with van der Waals surface area (Å²) in [5.74, 6) is -0.351. The lowest BCUT2D eigenvalue weighted by Crippen LogP contribution is -2.46. The van der Waals surface area contributed by atoms with Crippen LogP contribution in [0.2, 0.25) is 0 Å². The van der Waals surface area contributed by atoms with E-state index in [1.807, 2.05) is 0 Å². The number of hydrogen-bond donors (Lipinski definition) is 2. The van der Waals surface area contributed by atoms with E-state index < -0.39 is 25.0 Å². The molecule has 0 unspecified atom stereocenters. The highest BCUT2D eigenvalue weighted by atomic mass is 32.2. The van der Waals surface area contributed by atoms with E-state index in [0.29, 0.717) is 31.5 Å². The maximum Gasteiger partial charge on any atom is 0.270 e. The van der Waals surface area contributed by atoms with Crippen LogP contribution in [0.15, 0.2) is 53.4 Å². The van der Waals surface area contributed by atoms with Crippen LogP contribution < -0.4 is 10.0 Å². The van der Waals surface area contributed by atoms with Gasteiger partial charge in [0.1, 0.15) is 0 Å². The molecule has 1 aliphatic heterocycles. The van der Waals surface area contributed by atoms with E-state index in [2.05, 4.69) is 10.0 Å². The summed E-state index contributed by atoms with van der Waals surface area (Å²) in [4.78, 5) is 22.4. The summed E-state index contributed by atoms with van der Waals surface area (Å²) >= 11 is 0. The molecular formula is C19H22N4O7S2. The van der Waals surface area contributed by atoms with Crippen LogP contribution in [0.25, 0.3) is 0 Å². The Kier molecular flexibility index (Phi) is 6.81. The van der Waals surface area contributed by atoms with Crippen LogP contribution in [0.1, 0.15) is 23.2 Å². The molecule has 0 saturated carbocycles. The van der Waals surface area contributed by atoms with E-state index in [0.717, 1.165) is 12.3 Å². The van der Waals surface area contributed by atoms with Crippen LogP contribution >= 0.6 is 0 Å². The highest BCUT2D eigenvalue weighted by molar-refractivity contribution is 7.92. The van der Waals surface area contributed by atoms with Crippen molar-refractivity contribution < 1.29 is 26.6 Å². The van der Waals surface area contributed by atoms with Gasteiger partial charge in [0.25, 0.3) is 21.6 Å². The largest absolute Gasteiger partial charge is 0.349 e. The van der Waals surface area contributed by atoms with E-state index in [-0.39, 0.29) is 28.2 Å². The number of nitrogens with one attached hydrogen (secondary N) is 2. The molecule has 11 nitrogen and oxygen atoms in total. The lowest BCUT2D eigenvalue weighted by Gasteiger charge is -2.30. The van der Waals surface area contributed by atoms with Crippen molar-refractivity contribution in [2.45, 2.75) is 23.8 Å². The normalized spacial score (nSPS) is 15.8. The van der Waals surface area contributed by atoms with Crippen molar-refractivity contribution in [2.75, 3.05) is 24.1 Å². The van der Waals surface area contributed by atoms with Gasteiger partial charge < -0.3 is 5.32 Å². The molecule has 3 rings (SSSR count). The minimum atomic E-state index is -4.05. The molecule has 0 bridgehead atoms. The maximum atomic E-state index is 12.5. The van der Waals surface area contributed by atoms with Gasteiger partial charge in [-0.2, -0.15) is 0 Å². The molecule has 0 radical (unpaired) electrons. The number of carbonyl (C=O) groups excluding carboxylic acids is 1. The fourth-order valence-electron chi connectivity index (χ4n) is 3.27. The molecule has 0 aromatic heterocycles. The summed E-state index contributed by atoms with van der Waals surface area (Å²) in [6.45, 7) is 0.671. The highest BCUT2D eigenvalue weighted by Gasteiger charge is 2.26. The fraction of sp³-hybridized carbons (Fsp3) is 0.316. The Morgan fingerprint density at radius 2 is 1.69 bits per heavy atom. The first kappa shape index (κ1) is 23.6. The average molecular weight is 483 g/mol. The Labute approximate surface area is 185 Å². The van der Waals surface area contributed by atoms with Crippen LogP contribution in [-0.4, -0.2) is 57.4 Å². The molecule has 32 heavy (non-hydrogen) atoms. The molecule has 2 aromatic rings. The summed E-state index contributed by atoms with van der Waals surface area (Å²) in [6, 6.07) is 10.2. The van der Waals surface area contributed by atoms with Crippen molar-refractivity contribution >= 4 is 37.3 Å². The number of carbonyl (C=O) groups is 1. The summed E-state index contributed by atoms with van der Waals surface area (Å²) < 4.78 is 51.8. The smallest absolute Gasteiger partial charge is 0.270 e. The van der Waals surface area contributed by atoms with Crippen molar-refractivity contribution in [3.63, 3.8) is 0 Å². The number of anilines is 1. The Morgan fingerprint density at radius 1 is 1.06 bits per heavy atom. The van der Waals surface area contributed by atoms with Crippen LogP contribution in [0, 0.1) is 10.1 Å². The predicted molar refractivity (Wildman–Crippen MR) is 117 cm³/mol. The lowest BCUT2D eigenvalue weighted by molar-refractivity contribution is -0.385. The van der Waals surface area contributed by atoms with Gasteiger partial charge in [-0.05, 0) is 43.2 Å². The SMILES string of the molecule is CS(=O)(=O)N1CCC(NC(=O)c2ccc(NS(=O)(=O)c3cccc([N+](=O)[O-])c3)cc2)CC1. The van der Waals surface area contributed by atoms with Crippen LogP contribution in [-0.2, 0) is 20.0 Å². The number of nitro benzene ring substituents is 1. The third kappa shape index (κ3) is 5.81. The van der Waals surface area contributed by atoms with Gasteiger partial charge in [-0.3, -0.25) is 19.6 Å². The van der Waals surface area contributed by atoms with Gasteiger partial charge in [-0.25, -0.2) is 21.1 Å². The molecule has 2 N–H and O–H groups in total. The van der Waals surface area contributed by atoms with Crippen molar-refractivity contribution in [2.24, 2.45) is 0 Å². The zero-order valence-corrected chi connectivity index (χ0v) is 18.7. The molecule has 0 aliphatic carbocycles. The van der Waals surface area contributed by atoms with Gasteiger partial charge >= 0.3 is 0 Å². The minimum Gasteiger partial charge on any atom is -0.349 e. The first-order valence-electron chi connectivity index (χ1n) is 9.59. The number of benzene rings is 2. The van der Waals surface area contributed by atoms with E-state index in [4.69, 9.17) is 0 Å². The zero-order chi connectivity index (χ0) is 23.5. The van der Waals surface area contributed by atoms with E-state index in [1.54, 1.807) is 0 Å². The van der Waals surface area contributed by atoms with Gasteiger partial charge in [0.15, 0.2) is 0 Å². The van der Waals surface area contributed by atoms with Gasteiger partial charge in [0.2, 0.25) is 10.0 Å². The second-order valence-corrected chi connectivity index (χ2v) is 11.0. The van der Waals surface area contributed by atoms with Crippen LogP contribution in [0.3, 0.4) is 0 Å². The van der Waals surface area contributed by atoms with Crippen LogP contribution in [0.4, 0.5) is 11.4 Å². The van der Waals surface area contributed by atoms with Crippen molar-refractivity contribution in [3.8, 4) is 0 Å². The van der Waals surface area contributed by atoms with E-state index in [1.165, 1.54) is 46.8 Å².